The van der Waals surface area contributed by atoms with Gasteiger partial charge in [0, 0.05) is 37.6 Å². The van der Waals surface area contributed by atoms with Crippen LogP contribution in [-0.2, 0) is 11.8 Å². The topological polar surface area (TPSA) is 110 Å². The van der Waals surface area contributed by atoms with E-state index in [1.54, 1.807) is 25.5 Å². The highest BCUT2D eigenvalue weighted by Gasteiger charge is 2.13. The number of aryl methyl sites for hydroxylation is 2. The van der Waals surface area contributed by atoms with Crippen LogP contribution in [0.4, 0.5) is 29.0 Å². The lowest BCUT2D eigenvalue weighted by Crippen LogP contribution is -2.36. The average Bonchev–Trinajstić information content (AvgIpc) is 3.10. The molecular weight excluding hydrogens is 410 g/mol. The summed E-state index contributed by atoms with van der Waals surface area (Å²) in [5.74, 6) is 1.65. The Kier molecular flexibility index (Phi) is 5.20. The number of anilines is 5. The first-order valence-corrected chi connectivity index (χ1v) is 10.3. The zero-order valence-corrected chi connectivity index (χ0v) is 17.8. The van der Waals surface area contributed by atoms with Crippen molar-refractivity contribution in [1.82, 2.24) is 19.5 Å². The van der Waals surface area contributed by atoms with E-state index < -0.39 is 5.76 Å². The van der Waals surface area contributed by atoms with Crippen molar-refractivity contribution < 1.29 is 9.15 Å². The van der Waals surface area contributed by atoms with Crippen LogP contribution < -0.4 is 21.3 Å². The van der Waals surface area contributed by atoms with Gasteiger partial charge < -0.3 is 24.7 Å². The third kappa shape index (κ3) is 4.00. The van der Waals surface area contributed by atoms with Gasteiger partial charge in [-0.15, -0.1) is 0 Å². The predicted octanol–water partition coefficient (Wildman–Crippen LogP) is 2.95. The summed E-state index contributed by atoms with van der Waals surface area (Å²) in [5.41, 5.74) is 3.72. The number of nitrogens with one attached hydrogen (secondary N) is 2. The normalized spacial score (nSPS) is 14.0. The van der Waals surface area contributed by atoms with Gasteiger partial charge >= 0.3 is 5.76 Å². The molecule has 4 aromatic rings. The van der Waals surface area contributed by atoms with Gasteiger partial charge in [0.1, 0.15) is 11.6 Å². The second-order valence-electron chi connectivity index (χ2n) is 7.59. The van der Waals surface area contributed by atoms with Crippen LogP contribution in [-0.4, -0.2) is 45.8 Å². The van der Waals surface area contributed by atoms with Crippen LogP contribution in [0.2, 0.25) is 0 Å². The summed E-state index contributed by atoms with van der Waals surface area (Å²) in [5, 5.41) is 6.50. The molecule has 1 aliphatic rings. The molecule has 4 heterocycles. The summed E-state index contributed by atoms with van der Waals surface area (Å²) in [4.78, 5) is 27.5. The van der Waals surface area contributed by atoms with Gasteiger partial charge in [-0.1, -0.05) is 0 Å². The Morgan fingerprint density at radius 3 is 2.59 bits per heavy atom. The van der Waals surface area contributed by atoms with Crippen molar-refractivity contribution in [3.63, 3.8) is 0 Å². The molecular formula is C22H23N7O3. The Bertz CT molecular complexity index is 1310. The summed E-state index contributed by atoms with van der Waals surface area (Å²) in [6.07, 6.45) is 3.52. The average molecular weight is 433 g/mol. The highest BCUT2D eigenvalue weighted by Crippen LogP contribution is 2.24. The number of fused-ring (bicyclic) bond motifs is 1. The number of ether oxygens (including phenoxy) is 1. The van der Waals surface area contributed by atoms with E-state index in [1.807, 2.05) is 31.2 Å². The molecule has 10 nitrogen and oxygen atoms in total. The van der Waals surface area contributed by atoms with Crippen molar-refractivity contribution in [3.05, 3.63) is 58.8 Å². The van der Waals surface area contributed by atoms with Crippen LogP contribution in [0.25, 0.3) is 11.1 Å². The first kappa shape index (κ1) is 20.0. The molecule has 5 rings (SSSR count). The first-order valence-electron chi connectivity index (χ1n) is 10.3. The number of oxazole rings is 1. The van der Waals surface area contributed by atoms with Crippen molar-refractivity contribution in [2.75, 3.05) is 41.8 Å². The number of morpholine rings is 1. The van der Waals surface area contributed by atoms with E-state index in [9.17, 15) is 4.79 Å². The third-order valence-electron chi connectivity index (χ3n) is 5.36. The summed E-state index contributed by atoms with van der Waals surface area (Å²) in [7, 11) is 1.67. The van der Waals surface area contributed by atoms with Gasteiger partial charge in [0.25, 0.3) is 0 Å². The van der Waals surface area contributed by atoms with Crippen molar-refractivity contribution >= 4 is 40.1 Å². The van der Waals surface area contributed by atoms with Gasteiger partial charge in [0.2, 0.25) is 5.95 Å². The zero-order chi connectivity index (χ0) is 22.1. The Balaban J connectivity index is 1.33. The van der Waals surface area contributed by atoms with Crippen LogP contribution in [0, 0.1) is 6.92 Å². The van der Waals surface area contributed by atoms with Crippen molar-refractivity contribution in [3.8, 4) is 0 Å². The number of rotatable bonds is 5. The van der Waals surface area contributed by atoms with E-state index in [0.717, 1.165) is 49.1 Å². The second kappa shape index (κ2) is 8.31. The molecule has 2 N–H and O–H groups in total. The van der Waals surface area contributed by atoms with E-state index in [1.165, 1.54) is 4.57 Å². The summed E-state index contributed by atoms with van der Waals surface area (Å²) in [6, 6.07) is 9.39. The highest BCUT2D eigenvalue weighted by molar-refractivity contribution is 5.79. The number of nitrogens with zero attached hydrogens (tertiary/aromatic N) is 5. The lowest BCUT2D eigenvalue weighted by Gasteiger charge is -2.27. The molecule has 1 aromatic carbocycles. The standard InChI is InChI=1S/C22H23N7O3/c1-14-12-24-21(26-16-4-6-19(23-13-16)29-7-9-31-10-8-29)27-20(14)25-15-3-5-18-17(11-15)28(2)22(30)32-18/h3-6,11-13H,7-10H2,1-2H3,(H2,24,25,26,27). The lowest BCUT2D eigenvalue weighted by molar-refractivity contribution is 0.122. The van der Waals surface area contributed by atoms with Gasteiger partial charge in [-0.2, -0.15) is 4.98 Å². The highest BCUT2D eigenvalue weighted by atomic mass is 16.5. The van der Waals surface area contributed by atoms with Gasteiger partial charge in [0.05, 0.1) is 30.6 Å². The number of hydrogen-bond donors (Lipinski definition) is 2. The van der Waals surface area contributed by atoms with E-state index in [-0.39, 0.29) is 0 Å². The predicted molar refractivity (Wildman–Crippen MR) is 122 cm³/mol. The maximum absolute atomic E-state index is 11.7. The van der Waals surface area contributed by atoms with Crippen molar-refractivity contribution in [2.45, 2.75) is 6.92 Å². The van der Waals surface area contributed by atoms with Crippen LogP contribution in [0.15, 0.2) is 51.9 Å². The number of pyridine rings is 1. The smallest absolute Gasteiger partial charge is 0.408 e. The Morgan fingerprint density at radius 2 is 1.81 bits per heavy atom. The molecule has 32 heavy (non-hydrogen) atoms. The zero-order valence-electron chi connectivity index (χ0n) is 17.8. The number of aromatic nitrogens is 4. The molecule has 0 atom stereocenters. The van der Waals surface area contributed by atoms with Gasteiger partial charge in [-0.05, 0) is 37.3 Å². The Labute approximate surface area is 183 Å². The monoisotopic (exact) mass is 433 g/mol. The molecule has 3 aromatic heterocycles. The van der Waals surface area contributed by atoms with E-state index in [4.69, 9.17) is 9.15 Å². The molecule has 0 spiro atoms. The molecule has 1 fully saturated rings. The fraction of sp³-hybridized carbons (Fsp3) is 0.273. The van der Waals surface area contributed by atoms with E-state index in [0.29, 0.717) is 22.9 Å². The van der Waals surface area contributed by atoms with Crippen LogP contribution in [0.1, 0.15) is 5.56 Å². The molecule has 10 heteroatoms. The molecule has 164 valence electrons. The third-order valence-corrected chi connectivity index (χ3v) is 5.36. The fourth-order valence-electron chi connectivity index (χ4n) is 3.54. The maximum atomic E-state index is 11.7. The number of hydrogen-bond acceptors (Lipinski definition) is 9. The molecule has 0 bridgehead atoms. The molecule has 1 aliphatic heterocycles. The SMILES string of the molecule is Cc1cnc(Nc2ccc(N3CCOCC3)nc2)nc1Nc1ccc2oc(=O)n(C)c2c1. The fourth-order valence-corrected chi connectivity index (χ4v) is 3.54. The molecule has 0 amide bonds. The second-order valence-corrected chi connectivity index (χ2v) is 7.59. The van der Waals surface area contributed by atoms with Crippen molar-refractivity contribution in [2.24, 2.45) is 7.05 Å². The number of benzene rings is 1. The Morgan fingerprint density at radius 1 is 1.00 bits per heavy atom. The minimum Gasteiger partial charge on any atom is -0.408 e. The minimum absolute atomic E-state index is 0.393. The molecule has 0 aliphatic carbocycles. The molecule has 0 unspecified atom stereocenters. The quantitative estimate of drug-likeness (QED) is 0.491. The summed E-state index contributed by atoms with van der Waals surface area (Å²) in [6.45, 7) is 5.05. The maximum Gasteiger partial charge on any atom is 0.419 e. The van der Waals surface area contributed by atoms with Gasteiger partial charge in [-0.3, -0.25) is 4.57 Å². The minimum atomic E-state index is -0.393. The largest absolute Gasteiger partial charge is 0.419 e. The van der Waals surface area contributed by atoms with E-state index >= 15 is 0 Å². The first-order chi connectivity index (χ1) is 15.6. The molecule has 1 saturated heterocycles. The summed E-state index contributed by atoms with van der Waals surface area (Å²) < 4.78 is 12.0. The Hall–Kier alpha value is -3.92. The molecule has 0 saturated carbocycles. The van der Waals surface area contributed by atoms with Gasteiger partial charge in [0.15, 0.2) is 5.58 Å². The lowest BCUT2D eigenvalue weighted by atomic mass is 10.2. The summed E-state index contributed by atoms with van der Waals surface area (Å²) >= 11 is 0. The van der Waals surface area contributed by atoms with Crippen LogP contribution >= 0.6 is 0 Å². The van der Waals surface area contributed by atoms with Crippen LogP contribution in [0.5, 0.6) is 0 Å². The van der Waals surface area contributed by atoms with Crippen molar-refractivity contribution in [1.29, 1.82) is 0 Å². The van der Waals surface area contributed by atoms with Crippen LogP contribution in [0.3, 0.4) is 0 Å². The van der Waals surface area contributed by atoms with Gasteiger partial charge in [-0.25, -0.2) is 14.8 Å². The van der Waals surface area contributed by atoms with E-state index in [2.05, 4.69) is 30.5 Å². The molecule has 0 radical (unpaired) electrons.